The number of benzene rings is 4. The van der Waals surface area contributed by atoms with Crippen molar-refractivity contribution >= 4 is 43.7 Å². The molecule has 40 heavy (non-hydrogen) atoms. The fourth-order valence-corrected chi connectivity index (χ4v) is 5.75. The number of rotatable bonds is 6. The lowest BCUT2D eigenvalue weighted by Gasteiger charge is -2.30. The maximum atomic E-state index is 16.0. The van der Waals surface area contributed by atoms with Crippen molar-refractivity contribution in [1.29, 1.82) is 0 Å². The predicted molar refractivity (Wildman–Crippen MR) is 154 cm³/mol. The molecule has 8 heteroatoms. The van der Waals surface area contributed by atoms with E-state index in [0.29, 0.717) is 32.9 Å². The molecule has 4 aromatic heterocycles. The van der Waals surface area contributed by atoms with Crippen LogP contribution in [-0.2, 0) is 0 Å². The van der Waals surface area contributed by atoms with E-state index in [-0.39, 0.29) is 11.6 Å². The molecule has 0 spiro atoms. The molecule has 0 radical (unpaired) electrons. The molecule has 0 saturated carbocycles. The molecule has 6 nitrogen and oxygen atoms in total. The average molecular weight is 529 g/mol. The summed E-state index contributed by atoms with van der Waals surface area (Å²) in [6, 6.07) is 25.8. The Hall–Kier alpha value is -5.50. The van der Waals surface area contributed by atoms with Gasteiger partial charge in [-0.2, -0.15) is 10.2 Å². The van der Waals surface area contributed by atoms with Gasteiger partial charge in [-0.1, -0.05) is 24.3 Å². The second-order valence-electron chi connectivity index (χ2n) is 9.66. The molecule has 8 aromatic rings. The molecule has 0 aliphatic carbocycles. The maximum Gasteiger partial charge on any atom is 0.133 e. The summed E-state index contributed by atoms with van der Waals surface area (Å²) in [5.74, 6) is -0.751. The number of halogens is 2. The molecule has 0 atom stereocenters. The lowest BCUT2D eigenvalue weighted by atomic mass is 9.92. The average Bonchev–Trinajstić information content (AvgIpc) is 3.80. The molecule has 0 saturated heterocycles. The van der Waals surface area contributed by atoms with Crippen LogP contribution in [0.3, 0.4) is 0 Å². The standard InChI is InChI=1S/C32H22F2N6/c33-27-21-29(39(35-13-1-2-14-35)36-15-3-4-16-36)25-11-9-24-28(34)22-30(26-12-10-23(27)31(25)32(24)26)40(37-17-5-6-18-37)38-19-7-8-20-38/h1-22H. The van der Waals surface area contributed by atoms with Crippen LogP contribution in [0.25, 0.3) is 32.3 Å². The smallest absolute Gasteiger partial charge is 0.133 e. The Balaban J connectivity index is 1.48. The van der Waals surface area contributed by atoms with E-state index in [0.717, 1.165) is 10.8 Å². The van der Waals surface area contributed by atoms with E-state index in [2.05, 4.69) is 0 Å². The Labute approximate surface area is 227 Å². The quantitative estimate of drug-likeness (QED) is 0.209. The summed E-state index contributed by atoms with van der Waals surface area (Å²) in [6.07, 6.45) is 15.2. The van der Waals surface area contributed by atoms with Gasteiger partial charge in [0.25, 0.3) is 0 Å². The topological polar surface area (TPSA) is 26.2 Å². The van der Waals surface area contributed by atoms with Crippen molar-refractivity contribution in [3.8, 4) is 0 Å². The summed E-state index contributed by atoms with van der Waals surface area (Å²) in [4.78, 5) is 0. The van der Waals surface area contributed by atoms with E-state index in [1.54, 1.807) is 24.3 Å². The van der Waals surface area contributed by atoms with Gasteiger partial charge in [0.15, 0.2) is 0 Å². The van der Waals surface area contributed by atoms with Crippen molar-refractivity contribution in [2.45, 2.75) is 0 Å². The van der Waals surface area contributed by atoms with Gasteiger partial charge in [0.2, 0.25) is 0 Å². The highest BCUT2D eigenvalue weighted by molar-refractivity contribution is 6.27. The van der Waals surface area contributed by atoms with E-state index in [4.69, 9.17) is 0 Å². The van der Waals surface area contributed by atoms with E-state index in [1.165, 1.54) is 0 Å². The Morgan fingerprint density at radius 1 is 0.400 bits per heavy atom. The molecule has 8 rings (SSSR count). The number of nitrogens with zero attached hydrogens (tertiary/aromatic N) is 6. The summed E-state index contributed by atoms with van der Waals surface area (Å²) in [6.45, 7) is 0. The maximum absolute atomic E-state index is 16.0. The largest absolute Gasteiger partial charge is 0.249 e. The lowest BCUT2D eigenvalue weighted by molar-refractivity contribution is 0.602. The van der Waals surface area contributed by atoms with Gasteiger partial charge in [-0.3, -0.25) is 0 Å². The molecule has 0 amide bonds. The van der Waals surface area contributed by atoms with Crippen LogP contribution in [0.15, 0.2) is 135 Å². The van der Waals surface area contributed by atoms with Gasteiger partial charge in [-0.25, -0.2) is 27.5 Å². The fourth-order valence-electron chi connectivity index (χ4n) is 5.75. The third-order valence-electron chi connectivity index (χ3n) is 7.41. The monoisotopic (exact) mass is 528 g/mol. The Morgan fingerprint density at radius 2 is 0.675 bits per heavy atom. The van der Waals surface area contributed by atoms with E-state index in [1.807, 2.05) is 139 Å². The third-order valence-corrected chi connectivity index (χ3v) is 7.41. The van der Waals surface area contributed by atoms with Gasteiger partial charge in [-0.05, 0) is 48.5 Å². The van der Waals surface area contributed by atoms with Crippen molar-refractivity contribution in [3.63, 3.8) is 0 Å². The molecule has 0 fully saturated rings. The zero-order valence-electron chi connectivity index (χ0n) is 21.1. The van der Waals surface area contributed by atoms with Crippen LogP contribution >= 0.6 is 0 Å². The van der Waals surface area contributed by atoms with E-state index >= 15 is 8.78 Å². The van der Waals surface area contributed by atoms with Gasteiger partial charge < -0.3 is 0 Å². The van der Waals surface area contributed by atoms with Crippen molar-refractivity contribution in [3.05, 3.63) is 146 Å². The summed E-state index contributed by atoms with van der Waals surface area (Å²) < 4.78 is 39.5. The second kappa shape index (κ2) is 8.51. The van der Waals surface area contributed by atoms with Crippen LogP contribution in [0.4, 0.5) is 20.2 Å². The molecule has 4 heterocycles. The second-order valence-corrected chi connectivity index (χ2v) is 9.66. The molecule has 0 unspecified atom stereocenters. The minimum atomic E-state index is -0.375. The minimum absolute atomic E-state index is 0.375. The van der Waals surface area contributed by atoms with Gasteiger partial charge in [-0.15, -0.1) is 0 Å². The number of hydrogen-bond donors (Lipinski definition) is 0. The summed E-state index contributed by atoms with van der Waals surface area (Å²) >= 11 is 0. The number of hydrogen-bond acceptors (Lipinski definition) is 2. The highest BCUT2D eigenvalue weighted by Gasteiger charge is 2.24. The SMILES string of the molecule is Fc1cc(N(n2cccc2)n2cccc2)c2ccc3c(F)cc(N(n4cccc4)n4cccc4)c4ccc1c2c34. The van der Waals surface area contributed by atoms with Crippen LogP contribution < -0.4 is 10.2 Å². The predicted octanol–water partition coefficient (Wildman–Crippen LogP) is 7.53. The van der Waals surface area contributed by atoms with Gasteiger partial charge in [0.1, 0.15) is 11.6 Å². The summed E-state index contributed by atoms with van der Waals surface area (Å²) in [5.41, 5.74) is 1.26. The zero-order valence-corrected chi connectivity index (χ0v) is 21.1. The molecular weight excluding hydrogens is 506 g/mol. The van der Waals surface area contributed by atoms with Crippen LogP contribution in [0, 0.1) is 11.6 Å². The molecule has 0 bridgehead atoms. The van der Waals surface area contributed by atoms with Gasteiger partial charge >= 0.3 is 0 Å². The summed E-state index contributed by atoms with van der Waals surface area (Å²) in [5, 5.41) is 7.63. The summed E-state index contributed by atoms with van der Waals surface area (Å²) in [7, 11) is 0. The molecule has 0 N–H and O–H groups in total. The zero-order chi connectivity index (χ0) is 26.8. The highest BCUT2D eigenvalue weighted by atomic mass is 19.1. The first-order valence-electron chi connectivity index (χ1n) is 12.9. The van der Waals surface area contributed by atoms with E-state index in [9.17, 15) is 0 Å². The number of anilines is 2. The Morgan fingerprint density at radius 3 is 0.975 bits per heavy atom. The Bertz CT molecular complexity index is 1860. The molecular formula is C32H22F2N6. The molecule has 4 aromatic carbocycles. The van der Waals surface area contributed by atoms with Gasteiger partial charge in [0, 0.05) is 94.0 Å². The van der Waals surface area contributed by atoms with Crippen LogP contribution in [0.1, 0.15) is 0 Å². The van der Waals surface area contributed by atoms with Crippen LogP contribution in [0.2, 0.25) is 0 Å². The number of aromatic nitrogens is 4. The molecule has 194 valence electrons. The first-order valence-corrected chi connectivity index (χ1v) is 12.9. The van der Waals surface area contributed by atoms with Crippen LogP contribution in [0.5, 0.6) is 0 Å². The Kier molecular flexibility index (Phi) is 4.78. The van der Waals surface area contributed by atoms with Gasteiger partial charge in [0.05, 0.1) is 11.4 Å². The van der Waals surface area contributed by atoms with Crippen molar-refractivity contribution in [2.24, 2.45) is 0 Å². The highest BCUT2D eigenvalue weighted by Crippen LogP contribution is 2.44. The van der Waals surface area contributed by atoms with Crippen molar-refractivity contribution < 1.29 is 8.78 Å². The van der Waals surface area contributed by atoms with Crippen LogP contribution in [-0.4, -0.2) is 18.7 Å². The fraction of sp³-hybridized carbons (Fsp3) is 0. The first kappa shape index (κ1) is 22.5. The van der Waals surface area contributed by atoms with Crippen molar-refractivity contribution in [1.82, 2.24) is 18.7 Å². The van der Waals surface area contributed by atoms with Crippen molar-refractivity contribution in [2.75, 3.05) is 10.2 Å². The first-order chi connectivity index (χ1) is 19.7. The third kappa shape index (κ3) is 3.19. The lowest BCUT2D eigenvalue weighted by Crippen LogP contribution is -2.33. The minimum Gasteiger partial charge on any atom is -0.249 e. The van der Waals surface area contributed by atoms with E-state index < -0.39 is 0 Å². The molecule has 0 aliphatic heterocycles. The normalized spacial score (nSPS) is 11.8. The molecule has 0 aliphatic rings.